The Balaban J connectivity index is 1.70. The van der Waals surface area contributed by atoms with E-state index in [1.54, 1.807) is 6.07 Å². The van der Waals surface area contributed by atoms with Gasteiger partial charge in [0.05, 0.1) is 17.5 Å². The maximum atomic E-state index is 13.6. The summed E-state index contributed by atoms with van der Waals surface area (Å²) in [7, 11) is 0. The van der Waals surface area contributed by atoms with E-state index in [-0.39, 0.29) is 23.3 Å². The second-order valence-corrected chi connectivity index (χ2v) is 6.72. The summed E-state index contributed by atoms with van der Waals surface area (Å²) in [5.41, 5.74) is 0.741. The summed E-state index contributed by atoms with van der Waals surface area (Å²) in [6.45, 7) is 3.13. The molecular formula is C17H21ClFN3O2. The van der Waals surface area contributed by atoms with Crippen molar-refractivity contribution < 1.29 is 14.0 Å². The van der Waals surface area contributed by atoms with Crippen LogP contribution in [0.25, 0.3) is 0 Å². The standard InChI is InChI=1S/C17H21ClFN3O2/c18-13-4-3-12(9-14(13)19)11-22-8-5-20-17(24)15(22)10-16(23)21-6-1-2-7-21/h3-4,9,15H,1-2,5-8,10-11H2,(H,20,24). The van der Waals surface area contributed by atoms with Crippen molar-refractivity contribution in [2.75, 3.05) is 26.2 Å². The first-order valence-corrected chi connectivity index (χ1v) is 8.66. The summed E-state index contributed by atoms with van der Waals surface area (Å²) in [4.78, 5) is 28.4. The van der Waals surface area contributed by atoms with E-state index in [1.807, 2.05) is 9.80 Å². The van der Waals surface area contributed by atoms with Crippen LogP contribution in [0.5, 0.6) is 0 Å². The molecule has 2 saturated heterocycles. The SMILES string of the molecule is O=C1NCCN(Cc2ccc(Cl)c(F)c2)C1CC(=O)N1CCCC1. The molecule has 130 valence electrons. The Morgan fingerprint density at radius 2 is 2.04 bits per heavy atom. The van der Waals surface area contributed by atoms with Gasteiger partial charge in [-0.2, -0.15) is 0 Å². The third-order valence-electron chi connectivity index (χ3n) is 4.64. The van der Waals surface area contributed by atoms with E-state index in [0.717, 1.165) is 31.5 Å². The van der Waals surface area contributed by atoms with Crippen LogP contribution in [0, 0.1) is 5.82 Å². The molecule has 0 spiro atoms. The molecule has 2 aliphatic heterocycles. The van der Waals surface area contributed by atoms with Crippen molar-refractivity contribution in [3.63, 3.8) is 0 Å². The molecule has 1 unspecified atom stereocenters. The van der Waals surface area contributed by atoms with Crippen molar-refractivity contribution in [3.8, 4) is 0 Å². The van der Waals surface area contributed by atoms with E-state index in [0.29, 0.717) is 19.6 Å². The highest BCUT2D eigenvalue weighted by molar-refractivity contribution is 6.30. The van der Waals surface area contributed by atoms with Crippen LogP contribution in [-0.4, -0.2) is 53.8 Å². The predicted octanol–water partition coefficient (Wildman–Crippen LogP) is 1.79. The highest BCUT2D eigenvalue weighted by atomic mass is 35.5. The highest BCUT2D eigenvalue weighted by Gasteiger charge is 2.33. The first kappa shape index (κ1) is 17.2. The van der Waals surface area contributed by atoms with E-state index in [1.165, 1.54) is 12.1 Å². The van der Waals surface area contributed by atoms with Crippen LogP contribution in [0.1, 0.15) is 24.8 Å². The third-order valence-corrected chi connectivity index (χ3v) is 4.94. The Kier molecular flexibility index (Phi) is 5.36. The smallest absolute Gasteiger partial charge is 0.237 e. The molecule has 1 aromatic carbocycles. The molecule has 24 heavy (non-hydrogen) atoms. The number of hydrogen-bond donors (Lipinski definition) is 1. The summed E-state index contributed by atoms with van der Waals surface area (Å²) in [5, 5.41) is 2.90. The first-order chi connectivity index (χ1) is 11.5. The van der Waals surface area contributed by atoms with Gasteiger partial charge in [0.15, 0.2) is 0 Å². The minimum absolute atomic E-state index is 0.0156. The number of carbonyl (C=O) groups excluding carboxylic acids is 2. The quantitative estimate of drug-likeness (QED) is 0.898. The molecule has 3 rings (SSSR count). The van der Waals surface area contributed by atoms with Crippen LogP contribution in [0.2, 0.25) is 5.02 Å². The molecule has 7 heteroatoms. The maximum Gasteiger partial charge on any atom is 0.237 e. The van der Waals surface area contributed by atoms with Gasteiger partial charge in [0.25, 0.3) is 0 Å². The zero-order valence-electron chi connectivity index (χ0n) is 13.4. The van der Waals surface area contributed by atoms with Gasteiger partial charge in [-0.1, -0.05) is 17.7 Å². The molecule has 1 atom stereocenters. The fourth-order valence-corrected chi connectivity index (χ4v) is 3.42. The topological polar surface area (TPSA) is 52.7 Å². The van der Waals surface area contributed by atoms with E-state index in [9.17, 15) is 14.0 Å². The Labute approximate surface area is 145 Å². The number of likely N-dealkylation sites (tertiary alicyclic amines) is 1. The number of benzene rings is 1. The normalized spacial score (nSPS) is 21.8. The van der Waals surface area contributed by atoms with Gasteiger partial charge in [-0.3, -0.25) is 14.5 Å². The molecule has 0 radical (unpaired) electrons. The van der Waals surface area contributed by atoms with E-state index >= 15 is 0 Å². The van der Waals surface area contributed by atoms with Crippen LogP contribution in [0.4, 0.5) is 4.39 Å². The molecule has 1 aromatic rings. The van der Waals surface area contributed by atoms with Gasteiger partial charge in [0.1, 0.15) is 5.82 Å². The van der Waals surface area contributed by atoms with Crippen LogP contribution >= 0.6 is 11.6 Å². The fraction of sp³-hybridized carbons (Fsp3) is 0.529. The van der Waals surface area contributed by atoms with E-state index < -0.39 is 11.9 Å². The van der Waals surface area contributed by atoms with E-state index in [2.05, 4.69) is 5.32 Å². The Hall–Kier alpha value is -1.66. The molecule has 0 bridgehead atoms. The van der Waals surface area contributed by atoms with Gasteiger partial charge in [0, 0.05) is 32.7 Å². The van der Waals surface area contributed by atoms with Crippen LogP contribution in [0.3, 0.4) is 0 Å². The summed E-state index contributed by atoms with van der Waals surface area (Å²) < 4.78 is 13.6. The van der Waals surface area contributed by atoms with Gasteiger partial charge in [-0.05, 0) is 30.5 Å². The second kappa shape index (κ2) is 7.49. The van der Waals surface area contributed by atoms with Crippen molar-refractivity contribution in [2.45, 2.75) is 31.8 Å². The average molecular weight is 354 g/mol. The molecule has 2 heterocycles. The molecule has 0 aromatic heterocycles. The van der Waals surface area contributed by atoms with Crippen molar-refractivity contribution in [3.05, 3.63) is 34.6 Å². The van der Waals surface area contributed by atoms with Crippen LogP contribution < -0.4 is 5.32 Å². The van der Waals surface area contributed by atoms with Gasteiger partial charge < -0.3 is 10.2 Å². The molecular weight excluding hydrogens is 333 g/mol. The van der Waals surface area contributed by atoms with Crippen molar-refractivity contribution in [1.29, 1.82) is 0 Å². The second-order valence-electron chi connectivity index (χ2n) is 6.32. The lowest BCUT2D eigenvalue weighted by molar-refractivity contribution is -0.138. The van der Waals surface area contributed by atoms with Gasteiger partial charge in [-0.15, -0.1) is 0 Å². The summed E-state index contributed by atoms with van der Waals surface area (Å²) in [6.07, 6.45) is 2.22. The molecule has 2 fully saturated rings. The molecule has 2 aliphatic rings. The average Bonchev–Trinajstić information content (AvgIpc) is 3.09. The molecule has 0 aliphatic carbocycles. The Morgan fingerprint density at radius 3 is 2.75 bits per heavy atom. The van der Waals surface area contributed by atoms with Gasteiger partial charge in [-0.25, -0.2) is 4.39 Å². The van der Waals surface area contributed by atoms with Crippen LogP contribution in [-0.2, 0) is 16.1 Å². The lowest BCUT2D eigenvalue weighted by Gasteiger charge is -2.35. The third kappa shape index (κ3) is 3.87. The lowest BCUT2D eigenvalue weighted by atomic mass is 10.1. The predicted molar refractivity (Wildman–Crippen MR) is 89.0 cm³/mol. The number of nitrogens with zero attached hydrogens (tertiary/aromatic N) is 2. The zero-order valence-corrected chi connectivity index (χ0v) is 14.2. The van der Waals surface area contributed by atoms with Crippen LogP contribution in [0.15, 0.2) is 18.2 Å². The molecule has 1 N–H and O–H groups in total. The monoisotopic (exact) mass is 353 g/mol. The number of halogens is 2. The van der Waals surface area contributed by atoms with Gasteiger partial charge >= 0.3 is 0 Å². The number of nitrogens with one attached hydrogen (secondary N) is 1. The van der Waals surface area contributed by atoms with Gasteiger partial charge in [0.2, 0.25) is 11.8 Å². The number of piperazine rings is 1. The van der Waals surface area contributed by atoms with E-state index in [4.69, 9.17) is 11.6 Å². The fourth-order valence-electron chi connectivity index (χ4n) is 3.31. The number of hydrogen-bond acceptors (Lipinski definition) is 3. The molecule has 0 saturated carbocycles. The Bertz CT molecular complexity index is 634. The highest BCUT2D eigenvalue weighted by Crippen LogP contribution is 2.20. The zero-order chi connectivity index (χ0) is 17.1. The number of carbonyl (C=O) groups is 2. The minimum atomic E-state index is -0.509. The van der Waals surface area contributed by atoms with Crippen molar-refractivity contribution in [1.82, 2.24) is 15.1 Å². The number of rotatable bonds is 4. The number of amides is 2. The lowest BCUT2D eigenvalue weighted by Crippen LogP contribution is -2.56. The first-order valence-electron chi connectivity index (χ1n) is 8.28. The summed E-state index contributed by atoms with van der Waals surface area (Å²) in [6, 6.07) is 4.14. The molecule has 5 nitrogen and oxygen atoms in total. The largest absolute Gasteiger partial charge is 0.353 e. The van der Waals surface area contributed by atoms with Crippen molar-refractivity contribution >= 4 is 23.4 Å². The van der Waals surface area contributed by atoms with Crippen molar-refractivity contribution in [2.24, 2.45) is 0 Å². The summed E-state index contributed by atoms with van der Waals surface area (Å²) >= 11 is 5.71. The maximum absolute atomic E-state index is 13.6. The minimum Gasteiger partial charge on any atom is -0.353 e. The Morgan fingerprint density at radius 1 is 1.29 bits per heavy atom. The molecule has 2 amide bonds. The summed E-state index contributed by atoms with van der Waals surface area (Å²) in [5.74, 6) is -0.592.